The zero-order valence-electron chi connectivity index (χ0n) is 22.3. The minimum atomic E-state index is -1.10. The van der Waals surface area contributed by atoms with Crippen LogP contribution in [0.4, 0.5) is 14.4 Å². The van der Waals surface area contributed by atoms with Gasteiger partial charge in [0.15, 0.2) is 11.5 Å². The Bertz CT molecular complexity index is 920. The van der Waals surface area contributed by atoms with E-state index in [9.17, 15) is 19.2 Å². The fraction of sp³-hybridized carbons (Fsp3) is 0.600. The van der Waals surface area contributed by atoms with Gasteiger partial charge in [0.05, 0.1) is 7.11 Å². The highest BCUT2D eigenvalue weighted by Crippen LogP contribution is 2.30. The lowest BCUT2D eigenvalue weighted by molar-refractivity contribution is -0.155. The van der Waals surface area contributed by atoms with Gasteiger partial charge in [-0.25, -0.2) is 14.4 Å². The Morgan fingerprint density at radius 1 is 0.757 bits per heavy atom. The van der Waals surface area contributed by atoms with Gasteiger partial charge in [0.25, 0.3) is 0 Å². The fourth-order valence-electron chi connectivity index (χ4n) is 2.57. The van der Waals surface area contributed by atoms with Crippen molar-refractivity contribution in [1.82, 2.24) is 0 Å². The molecule has 5 atom stereocenters. The van der Waals surface area contributed by atoms with Crippen molar-refractivity contribution < 1.29 is 52.3 Å². The van der Waals surface area contributed by atoms with E-state index < -0.39 is 48.8 Å². The number of ether oxygens (including phenoxy) is 7. The van der Waals surface area contributed by atoms with E-state index in [2.05, 4.69) is 4.74 Å². The zero-order chi connectivity index (χ0) is 28.1. The molecule has 2 N–H and O–H groups in total. The molecule has 3 unspecified atom stereocenters. The number of carbonyl (C=O) groups is 4. The Labute approximate surface area is 216 Å². The van der Waals surface area contributed by atoms with Crippen LogP contribution in [0, 0.1) is 0 Å². The average Bonchev–Trinajstić information content (AvgIpc) is 2.84. The molecule has 208 valence electrons. The second-order valence-electron chi connectivity index (χ2n) is 8.39. The summed E-state index contributed by atoms with van der Waals surface area (Å²) in [4.78, 5) is 48.0. The molecule has 0 aliphatic rings. The van der Waals surface area contributed by atoms with Gasteiger partial charge in [0.1, 0.15) is 30.5 Å². The number of carbonyl (C=O) groups excluding carboxylic acids is 4. The summed E-state index contributed by atoms with van der Waals surface area (Å²) in [6.07, 6.45) is -4.07. The number of methoxy groups -OCH3 is 1. The Hall–Kier alpha value is -3.54. The van der Waals surface area contributed by atoms with Crippen LogP contribution in [0.2, 0.25) is 0 Å². The Kier molecular flexibility index (Phi) is 13.2. The smallest absolute Gasteiger partial charge is 0.458 e. The first-order valence-corrected chi connectivity index (χ1v) is 12.0. The molecule has 0 saturated heterocycles. The summed E-state index contributed by atoms with van der Waals surface area (Å²) in [5.41, 5.74) is 6.48. The summed E-state index contributed by atoms with van der Waals surface area (Å²) in [7, 11) is 1.16. The first-order valence-electron chi connectivity index (χ1n) is 12.0. The third-order valence-electron chi connectivity index (χ3n) is 5.31. The minimum Gasteiger partial charge on any atom is -0.458 e. The predicted molar refractivity (Wildman–Crippen MR) is 130 cm³/mol. The van der Waals surface area contributed by atoms with Crippen molar-refractivity contribution in [3.63, 3.8) is 0 Å². The minimum absolute atomic E-state index is 0.00778. The van der Waals surface area contributed by atoms with E-state index in [1.54, 1.807) is 13.8 Å². The molecule has 0 bridgehead atoms. The van der Waals surface area contributed by atoms with E-state index in [-0.39, 0.29) is 24.0 Å². The lowest BCUT2D eigenvalue weighted by atomic mass is 10.1. The molecule has 12 heteroatoms. The third-order valence-corrected chi connectivity index (χ3v) is 5.31. The van der Waals surface area contributed by atoms with E-state index in [0.29, 0.717) is 18.4 Å². The third kappa shape index (κ3) is 11.4. The molecule has 0 amide bonds. The largest absolute Gasteiger partial charge is 0.514 e. The van der Waals surface area contributed by atoms with Crippen LogP contribution >= 0.6 is 0 Å². The number of benzene rings is 1. The Balaban J connectivity index is 2.98. The van der Waals surface area contributed by atoms with Crippen molar-refractivity contribution in [3.8, 4) is 11.5 Å². The SMILES string of the molecule is CCC(C)OC(=O)Oc1cc(C[C@H](N)C(=O)OC(C)C(C)OC(=O)OC)ccc1OC(=O)O[C@@H](C)CC. The highest BCUT2D eigenvalue weighted by molar-refractivity contribution is 5.76. The molecule has 37 heavy (non-hydrogen) atoms. The highest BCUT2D eigenvalue weighted by atomic mass is 16.8. The average molecular weight is 528 g/mol. The van der Waals surface area contributed by atoms with Gasteiger partial charge in [-0.15, -0.1) is 0 Å². The number of hydrogen-bond donors (Lipinski definition) is 1. The van der Waals surface area contributed by atoms with Crippen LogP contribution in [0.25, 0.3) is 0 Å². The highest BCUT2D eigenvalue weighted by Gasteiger charge is 2.25. The molecule has 1 rings (SSSR count). The van der Waals surface area contributed by atoms with E-state index in [0.717, 1.165) is 7.11 Å². The van der Waals surface area contributed by atoms with Gasteiger partial charge in [-0.05, 0) is 64.7 Å². The van der Waals surface area contributed by atoms with Crippen LogP contribution in [0.15, 0.2) is 18.2 Å². The number of esters is 1. The maximum absolute atomic E-state index is 12.5. The van der Waals surface area contributed by atoms with Gasteiger partial charge < -0.3 is 38.9 Å². The van der Waals surface area contributed by atoms with Crippen molar-refractivity contribution in [2.75, 3.05) is 7.11 Å². The molecule has 0 aromatic heterocycles. The molecule has 1 aromatic carbocycles. The Morgan fingerprint density at radius 3 is 1.78 bits per heavy atom. The van der Waals surface area contributed by atoms with Crippen LogP contribution in [0.5, 0.6) is 11.5 Å². The van der Waals surface area contributed by atoms with Gasteiger partial charge in [0, 0.05) is 0 Å². The maximum Gasteiger partial charge on any atom is 0.514 e. The fourth-order valence-corrected chi connectivity index (χ4v) is 2.57. The van der Waals surface area contributed by atoms with Gasteiger partial charge in [0.2, 0.25) is 0 Å². The number of rotatable bonds is 12. The number of hydrogen-bond acceptors (Lipinski definition) is 12. The predicted octanol–water partition coefficient (Wildman–Crippen LogP) is 4.29. The molecule has 0 aliphatic heterocycles. The molecular weight excluding hydrogens is 490 g/mol. The summed E-state index contributed by atoms with van der Waals surface area (Å²) in [6.45, 7) is 10.1. The normalized spacial score (nSPS) is 14.7. The Morgan fingerprint density at radius 2 is 1.27 bits per heavy atom. The monoisotopic (exact) mass is 527 g/mol. The van der Waals surface area contributed by atoms with E-state index in [1.807, 2.05) is 13.8 Å². The molecule has 0 saturated carbocycles. The number of nitrogens with two attached hydrogens (primary N) is 1. The summed E-state index contributed by atoms with van der Waals surface area (Å²) < 4.78 is 35.3. The zero-order valence-corrected chi connectivity index (χ0v) is 22.3. The topological polar surface area (TPSA) is 159 Å². The van der Waals surface area contributed by atoms with Crippen molar-refractivity contribution in [3.05, 3.63) is 23.8 Å². The van der Waals surface area contributed by atoms with Crippen LogP contribution in [0.1, 0.15) is 59.9 Å². The summed E-state index contributed by atoms with van der Waals surface area (Å²) >= 11 is 0. The van der Waals surface area contributed by atoms with Gasteiger partial charge in [-0.2, -0.15) is 0 Å². The van der Waals surface area contributed by atoms with Gasteiger partial charge >= 0.3 is 24.4 Å². The summed E-state index contributed by atoms with van der Waals surface area (Å²) in [6, 6.07) is 3.21. The standard InChI is InChI=1S/C25H37NO11/c1-8-14(3)32-24(29)36-20-11-10-18(13-21(20)37-25(30)33-15(4)9-2)12-19(26)22(27)34-16(5)17(6)35-23(28)31-7/h10-11,13-17,19H,8-9,12,26H2,1-7H3/t14-,15?,16?,17?,19-/m0/s1. The second-order valence-corrected chi connectivity index (χ2v) is 8.39. The van der Waals surface area contributed by atoms with Gasteiger partial charge in [-0.1, -0.05) is 19.9 Å². The van der Waals surface area contributed by atoms with Crippen molar-refractivity contribution in [2.24, 2.45) is 5.73 Å². The van der Waals surface area contributed by atoms with E-state index >= 15 is 0 Å². The molecular formula is C25H37NO11. The van der Waals surface area contributed by atoms with Crippen molar-refractivity contribution in [2.45, 2.75) is 91.3 Å². The van der Waals surface area contributed by atoms with Crippen LogP contribution in [0.3, 0.4) is 0 Å². The van der Waals surface area contributed by atoms with Crippen LogP contribution in [-0.2, 0) is 34.9 Å². The summed E-state index contributed by atoms with van der Waals surface area (Å²) in [5.74, 6) is -0.957. The quantitative estimate of drug-likeness (QED) is 0.234. The summed E-state index contributed by atoms with van der Waals surface area (Å²) in [5, 5.41) is 0. The maximum atomic E-state index is 12.5. The lowest BCUT2D eigenvalue weighted by Gasteiger charge is -2.22. The van der Waals surface area contributed by atoms with Crippen LogP contribution < -0.4 is 15.2 Å². The van der Waals surface area contributed by atoms with Crippen molar-refractivity contribution >= 4 is 24.4 Å². The van der Waals surface area contributed by atoms with E-state index in [1.165, 1.54) is 32.0 Å². The molecule has 0 fully saturated rings. The van der Waals surface area contributed by atoms with Crippen molar-refractivity contribution in [1.29, 1.82) is 0 Å². The lowest BCUT2D eigenvalue weighted by Crippen LogP contribution is -2.39. The molecule has 0 heterocycles. The molecule has 0 radical (unpaired) electrons. The first-order chi connectivity index (χ1) is 17.4. The second kappa shape index (κ2) is 15.5. The van der Waals surface area contributed by atoms with Gasteiger partial charge in [-0.3, -0.25) is 4.79 Å². The molecule has 0 aliphatic carbocycles. The van der Waals surface area contributed by atoms with E-state index in [4.69, 9.17) is 34.2 Å². The molecule has 0 spiro atoms. The molecule has 12 nitrogen and oxygen atoms in total. The van der Waals surface area contributed by atoms with Crippen LogP contribution in [-0.4, -0.2) is 62.0 Å². The molecule has 1 aromatic rings. The first kappa shape index (κ1) is 31.5.